The highest BCUT2D eigenvalue weighted by atomic mass is 32.2. The molecule has 0 aromatic carbocycles. The van der Waals surface area contributed by atoms with Crippen molar-refractivity contribution in [3.05, 3.63) is 0 Å². The zero-order valence-electron chi connectivity index (χ0n) is 12.7. The summed E-state index contributed by atoms with van der Waals surface area (Å²) in [5.41, 5.74) is 0. The van der Waals surface area contributed by atoms with E-state index in [0.717, 1.165) is 12.3 Å². The Morgan fingerprint density at radius 3 is 1.37 bits per heavy atom. The lowest BCUT2D eigenvalue weighted by atomic mass is 10.1. The van der Waals surface area contributed by atoms with E-state index in [2.05, 4.69) is 32.8 Å². The van der Waals surface area contributed by atoms with E-state index in [4.69, 9.17) is 0 Å². The Balaban J connectivity index is -0.000000108. The summed E-state index contributed by atoms with van der Waals surface area (Å²) in [6.07, 6.45) is 3.36. The average molecular weight is 298 g/mol. The van der Waals surface area contributed by atoms with E-state index in [1.165, 1.54) is 19.2 Å². The molecule has 4 heteroatoms. The monoisotopic (exact) mass is 297 g/mol. The van der Waals surface area contributed by atoms with Crippen molar-refractivity contribution >= 4 is 9.84 Å². The van der Waals surface area contributed by atoms with Crippen LogP contribution in [0.4, 0.5) is 0 Å². The van der Waals surface area contributed by atoms with Crippen molar-refractivity contribution in [1.82, 2.24) is 4.90 Å². The summed E-state index contributed by atoms with van der Waals surface area (Å²) in [6.45, 7) is 9.76. The van der Waals surface area contributed by atoms with Crippen molar-refractivity contribution in [2.45, 2.75) is 55.4 Å². The zero-order chi connectivity index (χ0) is 14.1. The molecule has 0 aliphatic heterocycles. The second kappa shape index (κ2) is 14.3. The molecular formula is C15H39NO2S. The maximum absolute atomic E-state index is 10.5. The molecular weight excluding hydrogens is 258 g/mol. The maximum Gasteiger partial charge on any atom is 0.147 e. The van der Waals surface area contributed by atoms with E-state index in [1.54, 1.807) is 0 Å². The van der Waals surface area contributed by atoms with Crippen LogP contribution in [0, 0.1) is 11.8 Å². The summed E-state index contributed by atoms with van der Waals surface area (Å²) in [7, 11) is 1.51. The fourth-order valence-electron chi connectivity index (χ4n) is 0.966. The fourth-order valence-corrected chi connectivity index (χ4v) is 1.87. The first-order valence-corrected chi connectivity index (χ1v) is 8.43. The van der Waals surface area contributed by atoms with Crippen molar-refractivity contribution < 1.29 is 8.42 Å². The summed E-state index contributed by atoms with van der Waals surface area (Å²) in [6, 6.07) is 0. The molecule has 0 aliphatic rings. The lowest BCUT2D eigenvalue weighted by Crippen LogP contribution is -2.14. The topological polar surface area (TPSA) is 37.4 Å². The molecule has 0 saturated carbocycles. The van der Waals surface area contributed by atoms with Crippen molar-refractivity contribution in [3.8, 4) is 0 Å². The van der Waals surface area contributed by atoms with Gasteiger partial charge in [0.25, 0.3) is 0 Å². The van der Waals surface area contributed by atoms with Crippen LogP contribution in [0.5, 0.6) is 0 Å². The van der Waals surface area contributed by atoms with Crippen LogP contribution in [0.1, 0.15) is 55.4 Å². The molecule has 0 unspecified atom stereocenters. The Morgan fingerprint density at radius 2 is 1.26 bits per heavy atom. The molecule has 0 radical (unpaired) electrons. The Hall–Kier alpha value is -0.0900. The van der Waals surface area contributed by atoms with Crippen molar-refractivity contribution in [2.75, 3.05) is 32.6 Å². The first-order valence-electron chi connectivity index (χ1n) is 6.37. The van der Waals surface area contributed by atoms with Crippen molar-refractivity contribution in [3.63, 3.8) is 0 Å². The quantitative estimate of drug-likeness (QED) is 0.745. The van der Waals surface area contributed by atoms with Gasteiger partial charge in [0, 0.05) is 6.26 Å². The SMILES string of the molecule is C.C.CC(C)CCN(C)C.CC(C)CCS(C)(=O)=O. The van der Waals surface area contributed by atoms with Gasteiger partial charge in [-0.3, -0.25) is 0 Å². The van der Waals surface area contributed by atoms with E-state index >= 15 is 0 Å². The summed E-state index contributed by atoms with van der Waals surface area (Å²) in [5.74, 6) is 1.65. The Labute approximate surface area is 123 Å². The first-order chi connectivity index (χ1) is 7.54. The van der Waals surface area contributed by atoms with Crippen LogP contribution in [-0.4, -0.2) is 46.0 Å². The standard InChI is InChI=1S/C7H17N.C6H14O2S.2CH4/c1-7(2)5-6-8(3)4;1-6(2)4-5-9(3,7)8;;/h7H,5-6H2,1-4H3;6H,4-5H2,1-3H3;2*1H4. The van der Waals surface area contributed by atoms with Gasteiger partial charge in [-0.05, 0) is 45.3 Å². The Kier molecular flexibility index (Phi) is 20.6. The maximum atomic E-state index is 10.5. The third-order valence-corrected chi connectivity index (χ3v) is 3.20. The molecule has 0 N–H and O–H groups in total. The first kappa shape index (κ1) is 27.3. The largest absolute Gasteiger partial charge is 0.309 e. The van der Waals surface area contributed by atoms with E-state index in [1.807, 2.05) is 13.8 Å². The van der Waals surface area contributed by atoms with Gasteiger partial charge < -0.3 is 4.90 Å². The van der Waals surface area contributed by atoms with Gasteiger partial charge >= 0.3 is 0 Å². The molecule has 0 aromatic heterocycles. The minimum atomic E-state index is -2.72. The molecule has 0 aromatic rings. The smallest absolute Gasteiger partial charge is 0.147 e. The predicted octanol–water partition coefficient (Wildman–Crippen LogP) is 3.94. The predicted molar refractivity (Wildman–Crippen MR) is 90.6 cm³/mol. The van der Waals surface area contributed by atoms with Gasteiger partial charge in [0.2, 0.25) is 0 Å². The van der Waals surface area contributed by atoms with Crippen LogP contribution < -0.4 is 0 Å². The van der Waals surface area contributed by atoms with Crippen LogP contribution in [-0.2, 0) is 9.84 Å². The minimum Gasteiger partial charge on any atom is -0.309 e. The second-order valence-electron chi connectivity index (χ2n) is 5.80. The summed E-state index contributed by atoms with van der Waals surface area (Å²) in [4.78, 5) is 2.22. The normalized spacial score (nSPS) is 10.6. The molecule has 0 amide bonds. The third-order valence-electron chi connectivity index (χ3n) is 2.22. The fraction of sp³-hybridized carbons (Fsp3) is 1.00. The van der Waals surface area contributed by atoms with Gasteiger partial charge in [-0.2, -0.15) is 0 Å². The Morgan fingerprint density at radius 1 is 0.895 bits per heavy atom. The summed E-state index contributed by atoms with van der Waals surface area (Å²) >= 11 is 0. The molecule has 19 heavy (non-hydrogen) atoms. The molecule has 0 aliphatic carbocycles. The molecule has 0 bridgehead atoms. The highest BCUT2D eigenvalue weighted by molar-refractivity contribution is 7.90. The van der Waals surface area contributed by atoms with E-state index in [9.17, 15) is 8.42 Å². The summed E-state index contributed by atoms with van der Waals surface area (Å²) < 4.78 is 21.1. The van der Waals surface area contributed by atoms with Gasteiger partial charge in [0.1, 0.15) is 9.84 Å². The highest BCUT2D eigenvalue weighted by Crippen LogP contribution is 2.00. The van der Waals surface area contributed by atoms with Crippen molar-refractivity contribution in [1.29, 1.82) is 0 Å². The van der Waals surface area contributed by atoms with Crippen LogP contribution in [0.3, 0.4) is 0 Å². The third kappa shape index (κ3) is 38.1. The van der Waals surface area contributed by atoms with E-state index in [0.29, 0.717) is 11.7 Å². The van der Waals surface area contributed by atoms with Gasteiger partial charge in [-0.15, -0.1) is 0 Å². The number of sulfone groups is 1. The van der Waals surface area contributed by atoms with E-state index in [-0.39, 0.29) is 14.9 Å². The molecule has 122 valence electrons. The average Bonchev–Trinajstić information content (AvgIpc) is 2.11. The number of hydrogen-bond donors (Lipinski definition) is 0. The lowest BCUT2D eigenvalue weighted by molar-refractivity contribution is 0.369. The molecule has 0 atom stereocenters. The zero-order valence-corrected chi connectivity index (χ0v) is 13.5. The highest BCUT2D eigenvalue weighted by Gasteiger charge is 2.02. The van der Waals surface area contributed by atoms with Gasteiger partial charge in [0.15, 0.2) is 0 Å². The van der Waals surface area contributed by atoms with Crippen LogP contribution in [0.15, 0.2) is 0 Å². The van der Waals surface area contributed by atoms with E-state index < -0.39 is 9.84 Å². The molecule has 0 spiro atoms. The Bertz CT molecular complexity index is 249. The molecule has 0 saturated heterocycles. The number of hydrogen-bond acceptors (Lipinski definition) is 3. The number of rotatable bonds is 6. The molecule has 0 fully saturated rings. The van der Waals surface area contributed by atoms with Gasteiger partial charge in [-0.1, -0.05) is 42.5 Å². The number of nitrogens with zero attached hydrogens (tertiary/aromatic N) is 1. The molecule has 0 rings (SSSR count). The molecule has 0 heterocycles. The van der Waals surface area contributed by atoms with Crippen LogP contribution in [0.25, 0.3) is 0 Å². The summed E-state index contributed by atoms with van der Waals surface area (Å²) in [5, 5.41) is 0. The van der Waals surface area contributed by atoms with Crippen molar-refractivity contribution in [2.24, 2.45) is 11.8 Å². The second-order valence-corrected chi connectivity index (χ2v) is 8.06. The molecule has 3 nitrogen and oxygen atoms in total. The lowest BCUT2D eigenvalue weighted by Gasteiger charge is -2.10. The van der Waals surface area contributed by atoms with Crippen LogP contribution >= 0.6 is 0 Å². The van der Waals surface area contributed by atoms with Gasteiger partial charge in [-0.25, -0.2) is 8.42 Å². The van der Waals surface area contributed by atoms with Gasteiger partial charge in [0.05, 0.1) is 5.75 Å². The minimum absolute atomic E-state index is 0. The van der Waals surface area contributed by atoms with Crippen LogP contribution in [0.2, 0.25) is 0 Å².